The van der Waals surface area contributed by atoms with E-state index < -0.39 is 8.67 Å². The van der Waals surface area contributed by atoms with Gasteiger partial charge in [-0.3, -0.25) is 0 Å². The van der Waals surface area contributed by atoms with Gasteiger partial charge in [0.2, 0.25) is 0 Å². The molecule has 0 unspecified atom stereocenters. The molecular formula is C8H3Cl5. The van der Waals surface area contributed by atoms with Gasteiger partial charge in [0.05, 0.1) is 0 Å². The Morgan fingerprint density at radius 3 is 2.08 bits per heavy atom. The molecule has 1 aromatic rings. The van der Waals surface area contributed by atoms with Crippen molar-refractivity contribution in [1.82, 2.24) is 0 Å². The minimum absolute atomic E-state index is 0.486. The molecule has 0 atom stereocenters. The largest absolute Gasteiger partial charge is 0.181 e. The topological polar surface area (TPSA) is 0 Å². The fourth-order valence-corrected chi connectivity index (χ4v) is 2.90. The predicted molar refractivity (Wildman–Crippen MR) is 58.2 cm³/mol. The molecule has 5 heteroatoms. The van der Waals surface area contributed by atoms with Gasteiger partial charge in [0.15, 0.2) is 8.67 Å². The summed E-state index contributed by atoms with van der Waals surface area (Å²) in [5.41, 5.74) is 1.28. The van der Waals surface area contributed by atoms with Crippen molar-refractivity contribution in [3.05, 3.63) is 34.3 Å². The van der Waals surface area contributed by atoms with Gasteiger partial charge in [0.1, 0.15) is 0 Å². The van der Waals surface area contributed by atoms with E-state index in [0.29, 0.717) is 16.1 Å². The van der Waals surface area contributed by atoms with Gasteiger partial charge in [0, 0.05) is 10.6 Å². The van der Waals surface area contributed by atoms with Crippen molar-refractivity contribution in [1.29, 1.82) is 0 Å². The molecule has 0 amide bonds. The average molecular weight is 276 g/mol. The summed E-state index contributed by atoms with van der Waals surface area (Å²) in [6.45, 7) is 0. The lowest BCUT2D eigenvalue weighted by Crippen LogP contribution is -2.43. The molecule has 70 valence electrons. The van der Waals surface area contributed by atoms with E-state index in [-0.39, 0.29) is 0 Å². The summed E-state index contributed by atoms with van der Waals surface area (Å²) in [5.74, 6) is 0. The molecule has 13 heavy (non-hydrogen) atoms. The maximum Gasteiger partial charge on any atom is 0.181 e. The summed E-state index contributed by atoms with van der Waals surface area (Å²) >= 11 is 29.7. The first-order valence-corrected chi connectivity index (χ1v) is 5.33. The Labute approximate surface area is 101 Å². The minimum atomic E-state index is -1.32. The van der Waals surface area contributed by atoms with E-state index >= 15 is 0 Å². The van der Waals surface area contributed by atoms with Crippen LogP contribution >= 0.6 is 58.0 Å². The van der Waals surface area contributed by atoms with E-state index in [1.807, 2.05) is 0 Å². The van der Waals surface area contributed by atoms with Crippen LogP contribution in [0.25, 0.3) is 0 Å². The van der Waals surface area contributed by atoms with Crippen LogP contribution in [0.2, 0.25) is 5.02 Å². The lowest BCUT2D eigenvalue weighted by atomic mass is 9.86. The van der Waals surface area contributed by atoms with Crippen molar-refractivity contribution < 1.29 is 0 Å². The molecule has 0 heterocycles. The number of halogens is 5. The highest BCUT2D eigenvalue weighted by Crippen LogP contribution is 2.67. The fourth-order valence-electron chi connectivity index (χ4n) is 1.37. The van der Waals surface area contributed by atoms with Crippen molar-refractivity contribution >= 4 is 58.0 Å². The van der Waals surface area contributed by atoms with Crippen LogP contribution in [0, 0.1) is 0 Å². The second kappa shape index (κ2) is 2.84. The smallest absolute Gasteiger partial charge is 0.0925 e. The summed E-state index contributed by atoms with van der Waals surface area (Å²) in [5, 5.41) is 0.486. The standard InChI is InChI=1S/C8H3Cl5/c9-5-3-1-2-4-6(5)8(12,13)7(4,10)11/h1-3H. The first-order valence-electron chi connectivity index (χ1n) is 3.44. The highest BCUT2D eigenvalue weighted by Gasteiger charge is 2.61. The monoisotopic (exact) mass is 274 g/mol. The number of benzene rings is 1. The number of rotatable bonds is 0. The van der Waals surface area contributed by atoms with Gasteiger partial charge in [-0.1, -0.05) is 70.1 Å². The molecule has 1 aliphatic rings. The molecule has 1 aromatic carbocycles. The number of fused-ring (bicyclic) bond motifs is 1. The zero-order valence-corrected chi connectivity index (χ0v) is 9.90. The van der Waals surface area contributed by atoms with E-state index in [1.165, 1.54) is 0 Å². The number of alkyl halides is 4. The molecule has 0 spiro atoms. The van der Waals surface area contributed by atoms with Gasteiger partial charge in [-0.25, -0.2) is 0 Å². The molecule has 0 aliphatic heterocycles. The average Bonchev–Trinajstić information content (AvgIpc) is 2.03. The van der Waals surface area contributed by atoms with Crippen LogP contribution in [-0.2, 0) is 8.67 Å². The summed E-state index contributed by atoms with van der Waals surface area (Å²) < 4.78 is -2.58. The van der Waals surface area contributed by atoms with Crippen molar-refractivity contribution in [2.45, 2.75) is 8.67 Å². The Morgan fingerprint density at radius 1 is 0.923 bits per heavy atom. The van der Waals surface area contributed by atoms with Crippen LogP contribution in [0.15, 0.2) is 18.2 Å². The fraction of sp³-hybridized carbons (Fsp3) is 0.250. The van der Waals surface area contributed by atoms with Crippen LogP contribution < -0.4 is 0 Å². The van der Waals surface area contributed by atoms with Crippen LogP contribution in [0.3, 0.4) is 0 Å². The van der Waals surface area contributed by atoms with E-state index in [0.717, 1.165) is 0 Å². The zero-order chi connectivity index (χ0) is 9.85. The van der Waals surface area contributed by atoms with Crippen molar-refractivity contribution in [3.63, 3.8) is 0 Å². The molecule has 1 aliphatic carbocycles. The Bertz CT molecular complexity index is 369. The Balaban J connectivity index is 2.70. The van der Waals surface area contributed by atoms with Crippen molar-refractivity contribution in [2.75, 3.05) is 0 Å². The Hall–Kier alpha value is 0.670. The number of hydrogen-bond donors (Lipinski definition) is 0. The van der Waals surface area contributed by atoms with Crippen molar-refractivity contribution in [2.24, 2.45) is 0 Å². The van der Waals surface area contributed by atoms with Crippen LogP contribution in [-0.4, -0.2) is 0 Å². The molecule has 0 saturated carbocycles. The Morgan fingerprint density at radius 2 is 1.54 bits per heavy atom. The summed E-state index contributed by atoms with van der Waals surface area (Å²) in [4.78, 5) is 0. The SMILES string of the molecule is Clc1cccc2c1C(Cl)(Cl)C2(Cl)Cl. The third-order valence-electron chi connectivity index (χ3n) is 2.06. The van der Waals surface area contributed by atoms with E-state index in [2.05, 4.69) is 0 Å². The second-order valence-corrected chi connectivity index (χ2v) is 5.87. The van der Waals surface area contributed by atoms with Gasteiger partial charge in [0.25, 0.3) is 0 Å². The molecule has 0 saturated heterocycles. The van der Waals surface area contributed by atoms with Crippen LogP contribution in [0.4, 0.5) is 0 Å². The molecule has 0 radical (unpaired) electrons. The normalized spacial score (nSPS) is 21.9. The molecule has 0 fully saturated rings. The number of hydrogen-bond acceptors (Lipinski definition) is 0. The molecular weight excluding hydrogens is 273 g/mol. The first kappa shape index (κ1) is 10.2. The third kappa shape index (κ3) is 1.13. The van der Waals surface area contributed by atoms with E-state index in [1.54, 1.807) is 18.2 Å². The molecule has 2 rings (SSSR count). The molecule has 0 bridgehead atoms. The first-order chi connectivity index (χ1) is 5.89. The Kier molecular flexibility index (Phi) is 2.22. The maximum absolute atomic E-state index is 5.95. The highest BCUT2D eigenvalue weighted by atomic mass is 35.5. The summed E-state index contributed by atoms with van der Waals surface area (Å²) in [7, 11) is 0. The van der Waals surface area contributed by atoms with Gasteiger partial charge >= 0.3 is 0 Å². The quantitative estimate of drug-likeness (QED) is 0.607. The highest BCUT2D eigenvalue weighted by molar-refractivity contribution is 6.64. The van der Waals surface area contributed by atoms with Crippen molar-refractivity contribution in [3.8, 4) is 0 Å². The summed E-state index contributed by atoms with van der Waals surface area (Å²) in [6.07, 6.45) is 0. The lowest BCUT2D eigenvalue weighted by Gasteiger charge is -2.45. The summed E-state index contributed by atoms with van der Waals surface area (Å²) in [6, 6.07) is 5.21. The van der Waals surface area contributed by atoms with Gasteiger partial charge in [-0.15, -0.1) is 0 Å². The van der Waals surface area contributed by atoms with E-state index in [9.17, 15) is 0 Å². The maximum atomic E-state index is 5.95. The van der Waals surface area contributed by atoms with Gasteiger partial charge < -0.3 is 0 Å². The van der Waals surface area contributed by atoms with Crippen LogP contribution in [0.5, 0.6) is 0 Å². The van der Waals surface area contributed by atoms with Gasteiger partial charge in [-0.05, 0) is 11.6 Å². The minimum Gasteiger partial charge on any atom is -0.0925 e. The van der Waals surface area contributed by atoms with E-state index in [4.69, 9.17) is 58.0 Å². The second-order valence-electron chi connectivity index (χ2n) is 2.81. The van der Waals surface area contributed by atoms with Crippen LogP contribution in [0.1, 0.15) is 11.1 Å². The lowest BCUT2D eigenvalue weighted by molar-refractivity contribution is 0.633. The molecule has 0 nitrogen and oxygen atoms in total. The third-order valence-corrected chi connectivity index (χ3v) is 4.68. The molecule has 0 N–H and O–H groups in total. The van der Waals surface area contributed by atoms with Gasteiger partial charge in [-0.2, -0.15) is 0 Å². The molecule has 0 aromatic heterocycles. The zero-order valence-electron chi connectivity index (χ0n) is 6.12. The predicted octanol–water partition coefficient (Wildman–Crippen LogP) is 4.61.